The van der Waals surface area contributed by atoms with Crippen LogP contribution in [-0.2, 0) is 9.53 Å². The van der Waals surface area contributed by atoms with Crippen molar-refractivity contribution >= 4 is 11.6 Å². The summed E-state index contributed by atoms with van der Waals surface area (Å²) in [6, 6.07) is 8.66. The van der Waals surface area contributed by atoms with Crippen molar-refractivity contribution in [3.63, 3.8) is 0 Å². The molecule has 4 heteroatoms. The molecule has 2 fully saturated rings. The van der Waals surface area contributed by atoms with Gasteiger partial charge in [-0.05, 0) is 49.8 Å². The number of benzene rings is 1. The van der Waals surface area contributed by atoms with Crippen LogP contribution in [0.5, 0.6) is 0 Å². The van der Waals surface area contributed by atoms with Gasteiger partial charge in [0, 0.05) is 44.5 Å². The summed E-state index contributed by atoms with van der Waals surface area (Å²) in [5.74, 6) is 0.935. The van der Waals surface area contributed by atoms with Gasteiger partial charge in [0.25, 0.3) is 0 Å². The summed E-state index contributed by atoms with van der Waals surface area (Å²) in [5, 5.41) is 3.16. The Bertz CT molecular complexity index is 512. The second kappa shape index (κ2) is 7.14. The van der Waals surface area contributed by atoms with Crippen molar-refractivity contribution in [1.29, 1.82) is 0 Å². The van der Waals surface area contributed by atoms with E-state index in [4.69, 9.17) is 4.74 Å². The maximum absolute atomic E-state index is 12.2. The summed E-state index contributed by atoms with van der Waals surface area (Å²) in [5.41, 5.74) is 2.60. The van der Waals surface area contributed by atoms with E-state index >= 15 is 0 Å². The minimum absolute atomic E-state index is 0.156. The van der Waals surface area contributed by atoms with Crippen molar-refractivity contribution in [3.8, 4) is 0 Å². The lowest BCUT2D eigenvalue weighted by Gasteiger charge is -2.22. The molecule has 1 aromatic rings. The highest BCUT2D eigenvalue weighted by Gasteiger charge is 2.25. The fourth-order valence-corrected chi connectivity index (χ4v) is 3.41. The molecule has 2 saturated heterocycles. The molecule has 0 radical (unpaired) electrons. The van der Waals surface area contributed by atoms with Crippen LogP contribution < -0.4 is 10.2 Å². The Morgan fingerprint density at radius 3 is 2.91 bits per heavy atom. The van der Waals surface area contributed by atoms with Gasteiger partial charge in [0.2, 0.25) is 5.91 Å². The van der Waals surface area contributed by atoms with Crippen LogP contribution in [0, 0.1) is 18.8 Å². The SMILES string of the molecule is Cc1cccc(N2CCC(CNC(=O)C3CCOCC3)C2)c1. The van der Waals surface area contributed by atoms with Gasteiger partial charge in [-0.2, -0.15) is 0 Å². The summed E-state index contributed by atoms with van der Waals surface area (Å²) >= 11 is 0. The fourth-order valence-electron chi connectivity index (χ4n) is 3.41. The van der Waals surface area contributed by atoms with Gasteiger partial charge in [-0.15, -0.1) is 0 Å². The lowest BCUT2D eigenvalue weighted by Crippen LogP contribution is -2.37. The zero-order chi connectivity index (χ0) is 15.4. The largest absolute Gasteiger partial charge is 0.381 e. The van der Waals surface area contributed by atoms with E-state index in [-0.39, 0.29) is 11.8 Å². The number of hydrogen-bond acceptors (Lipinski definition) is 3. The molecule has 0 saturated carbocycles. The third-order valence-electron chi connectivity index (χ3n) is 4.81. The normalized spacial score (nSPS) is 22.8. The van der Waals surface area contributed by atoms with Gasteiger partial charge in [-0.25, -0.2) is 0 Å². The third-order valence-corrected chi connectivity index (χ3v) is 4.81. The number of anilines is 1. The first-order valence-corrected chi connectivity index (χ1v) is 8.39. The number of rotatable bonds is 4. The van der Waals surface area contributed by atoms with E-state index in [9.17, 15) is 4.79 Å². The van der Waals surface area contributed by atoms with Crippen molar-refractivity contribution in [3.05, 3.63) is 29.8 Å². The van der Waals surface area contributed by atoms with Gasteiger partial charge >= 0.3 is 0 Å². The molecule has 3 rings (SSSR count). The topological polar surface area (TPSA) is 41.6 Å². The summed E-state index contributed by atoms with van der Waals surface area (Å²) in [7, 11) is 0. The van der Waals surface area contributed by atoms with Crippen LogP contribution in [0.3, 0.4) is 0 Å². The second-order valence-corrected chi connectivity index (χ2v) is 6.57. The summed E-state index contributed by atoms with van der Waals surface area (Å²) < 4.78 is 5.31. The molecule has 1 aromatic carbocycles. The lowest BCUT2D eigenvalue weighted by atomic mass is 9.99. The molecule has 0 bridgehead atoms. The molecule has 2 aliphatic rings. The lowest BCUT2D eigenvalue weighted by molar-refractivity contribution is -0.128. The van der Waals surface area contributed by atoms with E-state index in [1.807, 2.05) is 0 Å². The van der Waals surface area contributed by atoms with E-state index in [1.165, 1.54) is 11.3 Å². The summed E-state index contributed by atoms with van der Waals surface area (Å²) in [4.78, 5) is 14.6. The zero-order valence-corrected chi connectivity index (χ0v) is 13.4. The van der Waals surface area contributed by atoms with Gasteiger partial charge in [0.15, 0.2) is 0 Å². The molecule has 0 aliphatic carbocycles. The van der Waals surface area contributed by atoms with E-state index < -0.39 is 0 Å². The predicted molar refractivity (Wildman–Crippen MR) is 88.1 cm³/mol. The summed E-state index contributed by atoms with van der Waals surface area (Å²) in [6.07, 6.45) is 2.89. The van der Waals surface area contributed by atoms with E-state index in [0.29, 0.717) is 5.92 Å². The number of nitrogens with zero attached hydrogens (tertiary/aromatic N) is 1. The third kappa shape index (κ3) is 3.80. The van der Waals surface area contributed by atoms with Crippen LogP contribution in [0.25, 0.3) is 0 Å². The Kier molecular flexibility index (Phi) is 4.98. The molecule has 2 heterocycles. The molecule has 0 aromatic heterocycles. The van der Waals surface area contributed by atoms with Crippen molar-refractivity contribution < 1.29 is 9.53 Å². The number of aryl methyl sites for hydroxylation is 1. The van der Waals surface area contributed by atoms with Crippen molar-refractivity contribution in [2.45, 2.75) is 26.2 Å². The van der Waals surface area contributed by atoms with Crippen molar-refractivity contribution in [2.75, 3.05) is 37.7 Å². The Morgan fingerprint density at radius 1 is 1.32 bits per heavy atom. The van der Waals surface area contributed by atoms with E-state index in [1.54, 1.807) is 0 Å². The molecule has 2 aliphatic heterocycles. The Morgan fingerprint density at radius 2 is 2.14 bits per heavy atom. The average molecular weight is 302 g/mol. The van der Waals surface area contributed by atoms with E-state index in [2.05, 4.69) is 41.4 Å². The average Bonchev–Trinajstić information content (AvgIpc) is 3.02. The maximum Gasteiger partial charge on any atom is 0.223 e. The number of ether oxygens (including phenoxy) is 1. The van der Waals surface area contributed by atoms with Crippen LogP contribution in [0.15, 0.2) is 24.3 Å². The predicted octanol–water partition coefficient (Wildman–Crippen LogP) is 2.36. The Labute approximate surface area is 132 Å². The minimum Gasteiger partial charge on any atom is -0.381 e. The smallest absolute Gasteiger partial charge is 0.223 e. The number of carbonyl (C=O) groups excluding carboxylic acids is 1. The molecule has 1 amide bonds. The van der Waals surface area contributed by atoms with Crippen molar-refractivity contribution in [2.24, 2.45) is 11.8 Å². The monoisotopic (exact) mass is 302 g/mol. The molecular formula is C18H26N2O2. The highest BCUT2D eigenvalue weighted by Crippen LogP contribution is 2.24. The second-order valence-electron chi connectivity index (χ2n) is 6.57. The minimum atomic E-state index is 0.156. The highest BCUT2D eigenvalue weighted by molar-refractivity contribution is 5.78. The number of nitrogens with one attached hydrogen (secondary N) is 1. The Hall–Kier alpha value is -1.55. The maximum atomic E-state index is 12.2. The first kappa shape index (κ1) is 15.3. The first-order chi connectivity index (χ1) is 10.7. The standard InChI is InChI=1S/C18H26N2O2/c1-14-3-2-4-17(11-14)20-8-5-15(13-20)12-19-18(21)16-6-9-22-10-7-16/h2-4,11,15-16H,5-10,12-13H2,1H3,(H,19,21). The van der Waals surface area contributed by atoms with E-state index in [0.717, 1.165) is 52.1 Å². The molecule has 1 unspecified atom stereocenters. The number of hydrogen-bond donors (Lipinski definition) is 1. The molecule has 4 nitrogen and oxygen atoms in total. The van der Waals surface area contributed by atoms with Gasteiger partial charge in [-0.1, -0.05) is 12.1 Å². The van der Waals surface area contributed by atoms with Crippen molar-refractivity contribution in [1.82, 2.24) is 5.32 Å². The molecule has 1 atom stereocenters. The molecule has 22 heavy (non-hydrogen) atoms. The molecule has 120 valence electrons. The molecule has 1 N–H and O–H groups in total. The fraction of sp³-hybridized carbons (Fsp3) is 0.611. The number of amides is 1. The zero-order valence-electron chi connectivity index (χ0n) is 13.4. The van der Waals surface area contributed by atoms with Crippen LogP contribution in [0.1, 0.15) is 24.8 Å². The van der Waals surface area contributed by atoms with Crippen LogP contribution in [0.2, 0.25) is 0 Å². The quantitative estimate of drug-likeness (QED) is 0.928. The summed E-state index contributed by atoms with van der Waals surface area (Å²) in [6.45, 7) is 6.51. The highest BCUT2D eigenvalue weighted by atomic mass is 16.5. The van der Waals surface area contributed by atoms with Gasteiger partial charge < -0.3 is 15.0 Å². The molecular weight excluding hydrogens is 276 g/mol. The van der Waals surface area contributed by atoms with Crippen LogP contribution >= 0.6 is 0 Å². The van der Waals surface area contributed by atoms with Gasteiger partial charge in [0.05, 0.1) is 0 Å². The van der Waals surface area contributed by atoms with Crippen LogP contribution in [0.4, 0.5) is 5.69 Å². The Balaban J connectivity index is 1.46. The van der Waals surface area contributed by atoms with Gasteiger partial charge in [-0.3, -0.25) is 4.79 Å². The first-order valence-electron chi connectivity index (χ1n) is 8.39. The number of carbonyl (C=O) groups is 1. The van der Waals surface area contributed by atoms with Gasteiger partial charge in [0.1, 0.15) is 0 Å². The molecule has 0 spiro atoms. The van der Waals surface area contributed by atoms with Crippen LogP contribution in [-0.4, -0.2) is 38.8 Å².